The van der Waals surface area contributed by atoms with Gasteiger partial charge in [-0.3, -0.25) is 0 Å². The van der Waals surface area contributed by atoms with Crippen LogP contribution in [-0.4, -0.2) is 99.2 Å². The van der Waals surface area contributed by atoms with Crippen molar-refractivity contribution in [2.24, 2.45) is 0 Å². The molecular formula is C17H21Br3O10. The molecule has 0 amide bonds. The molecule has 2 heterocycles. The summed E-state index contributed by atoms with van der Waals surface area (Å²) in [7, 11) is 0. The molecule has 2 fully saturated rings. The van der Waals surface area contributed by atoms with E-state index in [-0.39, 0.29) is 6.61 Å². The van der Waals surface area contributed by atoms with Crippen LogP contribution in [0.15, 0.2) is 25.6 Å². The lowest BCUT2D eigenvalue weighted by Gasteiger charge is -2.40. The van der Waals surface area contributed by atoms with Crippen LogP contribution < -0.4 is 4.74 Å². The first-order valence-electron chi connectivity index (χ1n) is 8.89. The summed E-state index contributed by atoms with van der Waals surface area (Å²) in [6, 6.07) is 3.42. The molecule has 2 aliphatic heterocycles. The number of hydrogen-bond acceptors (Lipinski definition) is 10. The first-order valence-corrected chi connectivity index (χ1v) is 11.3. The lowest BCUT2D eigenvalue weighted by atomic mass is 9.99. The van der Waals surface area contributed by atoms with Crippen molar-refractivity contribution in [1.29, 1.82) is 0 Å². The maximum absolute atomic E-state index is 10.3. The third kappa shape index (κ3) is 5.18. The topological polar surface area (TPSA) is 158 Å². The fraction of sp³-hybridized carbons (Fsp3) is 0.647. The molecule has 1 aromatic carbocycles. The summed E-state index contributed by atoms with van der Waals surface area (Å²) in [6.07, 6.45) is -12.2. The molecule has 13 heteroatoms. The second-order valence-electron chi connectivity index (χ2n) is 6.87. The summed E-state index contributed by atoms with van der Waals surface area (Å²) in [5.41, 5.74) is 0. The summed E-state index contributed by atoms with van der Waals surface area (Å²) in [5.74, 6) is 0.300. The number of ether oxygens (including phenoxy) is 4. The molecule has 30 heavy (non-hydrogen) atoms. The van der Waals surface area contributed by atoms with Crippen molar-refractivity contribution < 1.29 is 49.6 Å². The van der Waals surface area contributed by atoms with Gasteiger partial charge in [0.15, 0.2) is 12.0 Å². The Labute approximate surface area is 196 Å². The Morgan fingerprint density at radius 3 is 1.87 bits per heavy atom. The van der Waals surface area contributed by atoms with Crippen LogP contribution >= 0.6 is 47.8 Å². The van der Waals surface area contributed by atoms with Crippen molar-refractivity contribution in [3.63, 3.8) is 0 Å². The van der Waals surface area contributed by atoms with E-state index < -0.39 is 61.9 Å². The molecule has 10 nitrogen and oxygen atoms in total. The summed E-state index contributed by atoms with van der Waals surface area (Å²) >= 11 is 10.0. The monoisotopic (exact) mass is 622 g/mol. The van der Waals surface area contributed by atoms with Gasteiger partial charge >= 0.3 is 0 Å². The van der Waals surface area contributed by atoms with E-state index in [9.17, 15) is 25.5 Å². The van der Waals surface area contributed by atoms with E-state index in [2.05, 4.69) is 47.8 Å². The molecule has 0 aromatic heterocycles. The Kier molecular flexibility index (Phi) is 8.54. The molecule has 9 unspecified atom stereocenters. The molecule has 6 N–H and O–H groups in total. The average Bonchev–Trinajstić information content (AvgIpc) is 2.97. The van der Waals surface area contributed by atoms with Gasteiger partial charge in [0.2, 0.25) is 6.29 Å². The molecule has 3 rings (SSSR count). The largest absolute Gasteiger partial charge is 0.460 e. The van der Waals surface area contributed by atoms with Crippen LogP contribution in [0.25, 0.3) is 0 Å². The standard InChI is InChI=1S/C17H21Br3O10/c18-5-1-6(19)15(7(20)2-5)30-17-14(26)12(24)11(23)9(29-17)4-27-16-13(25)10(22)8(3-21)28-16/h1-2,8-14,16-17,21-26H,3-4H2. The first kappa shape index (κ1) is 24.7. The highest BCUT2D eigenvalue weighted by Gasteiger charge is 2.47. The minimum atomic E-state index is -1.60. The predicted molar refractivity (Wildman–Crippen MR) is 111 cm³/mol. The van der Waals surface area contributed by atoms with Crippen molar-refractivity contribution >= 4 is 47.8 Å². The molecule has 0 aliphatic carbocycles. The van der Waals surface area contributed by atoms with Gasteiger partial charge in [-0.15, -0.1) is 0 Å². The van der Waals surface area contributed by atoms with Crippen LogP contribution in [0, 0.1) is 0 Å². The molecule has 1 aromatic rings. The first-order chi connectivity index (χ1) is 14.1. The quantitative estimate of drug-likeness (QED) is 0.246. The normalized spacial score (nSPS) is 39.3. The Hall–Kier alpha value is 0.1000. The number of benzene rings is 1. The van der Waals surface area contributed by atoms with Crippen molar-refractivity contribution in [1.82, 2.24) is 0 Å². The van der Waals surface area contributed by atoms with Crippen LogP contribution in [-0.2, 0) is 14.2 Å². The van der Waals surface area contributed by atoms with E-state index in [1.807, 2.05) is 0 Å². The molecular weight excluding hydrogens is 604 g/mol. The van der Waals surface area contributed by atoms with E-state index in [0.717, 1.165) is 4.47 Å². The molecule has 2 saturated heterocycles. The zero-order valence-electron chi connectivity index (χ0n) is 15.2. The third-order valence-electron chi connectivity index (χ3n) is 4.79. The Morgan fingerprint density at radius 1 is 0.767 bits per heavy atom. The molecule has 0 bridgehead atoms. The van der Waals surface area contributed by atoms with Gasteiger partial charge in [-0.05, 0) is 44.0 Å². The third-order valence-corrected chi connectivity index (χ3v) is 6.42. The minimum absolute atomic E-state index is 0.300. The van der Waals surface area contributed by atoms with Gasteiger partial charge in [0.1, 0.15) is 42.7 Å². The van der Waals surface area contributed by atoms with Gasteiger partial charge in [-0.2, -0.15) is 0 Å². The second-order valence-corrected chi connectivity index (χ2v) is 9.50. The van der Waals surface area contributed by atoms with Gasteiger partial charge in [0, 0.05) is 4.47 Å². The number of rotatable bonds is 6. The number of aliphatic hydroxyl groups excluding tert-OH is 6. The van der Waals surface area contributed by atoms with Crippen molar-refractivity contribution in [2.75, 3.05) is 13.2 Å². The molecule has 170 valence electrons. The highest BCUT2D eigenvalue weighted by atomic mass is 79.9. The van der Waals surface area contributed by atoms with Crippen molar-refractivity contribution in [2.45, 2.75) is 55.3 Å². The van der Waals surface area contributed by atoms with E-state index in [0.29, 0.717) is 14.7 Å². The van der Waals surface area contributed by atoms with E-state index in [1.54, 1.807) is 12.1 Å². The summed E-state index contributed by atoms with van der Waals surface area (Å²) < 4.78 is 23.7. The summed E-state index contributed by atoms with van der Waals surface area (Å²) in [5, 5.41) is 59.6. The second kappa shape index (κ2) is 10.4. The Balaban J connectivity index is 1.68. The SMILES string of the molecule is OCC1OC(OCC2OC(Oc3c(Br)cc(Br)cc3Br)C(O)C(O)C2O)C(O)C1O. The maximum Gasteiger partial charge on any atom is 0.229 e. The van der Waals surface area contributed by atoms with Gasteiger partial charge in [0.25, 0.3) is 0 Å². The van der Waals surface area contributed by atoms with Crippen LogP contribution in [0.5, 0.6) is 5.75 Å². The fourth-order valence-electron chi connectivity index (χ4n) is 3.10. The lowest BCUT2D eigenvalue weighted by Crippen LogP contribution is -2.60. The minimum Gasteiger partial charge on any atom is -0.460 e. The average molecular weight is 625 g/mol. The van der Waals surface area contributed by atoms with E-state index >= 15 is 0 Å². The van der Waals surface area contributed by atoms with E-state index in [1.165, 1.54) is 0 Å². The van der Waals surface area contributed by atoms with Crippen LogP contribution in [0.2, 0.25) is 0 Å². The van der Waals surface area contributed by atoms with Crippen molar-refractivity contribution in [3.05, 3.63) is 25.6 Å². The van der Waals surface area contributed by atoms with Gasteiger partial charge in [0.05, 0.1) is 22.2 Å². The molecule has 9 atom stereocenters. The van der Waals surface area contributed by atoms with Gasteiger partial charge in [-0.1, -0.05) is 15.9 Å². The molecule has 0 saturated carbocycles. The molecule has 0 radical (unpaired) electrons. The smallest absolute Gasteiger partial charge is 0.229 e. The Bertz CT molecular complexity index is 717. The van der Waals surface area contributed by atoms with Gasteiger partial charge < -0.3 is 49.6 Å². The number of halogens is 3. The van der Waals surface area contributed by atoms with Crippen molar-refractivity contribution in [3.8, 4) is 5.75 Å². The highest BCUT2D eigenvalue weighted by molar-refractivity contribution is 9.11. The zero-order chi connectivity index (χ0) is 22.2. The fourth-order valence-corrected chi connectivity index (χ4v) is 5.55. The highest BCUT2D eigenvalue weighted by Crippen LogP contribution is 2.38. The van der Waals surface area contributed by atoms with Crippen LogP contribution in [0.1, 0.15) is 0 Å². The van der Waals surface area contributed by atoms with Crippen LogP contribution in [0.4, 0.5) is 0 Å². The zero-order valence-corrected chi connectivity index (χ0v) is 20.0. The lowest BCUT2D eigenvalue weighted by molar-refractivity contribution is -0.290. The van der Waals surface area contributed by atoms with Gasteiger partial charge in [-0.25, -0.2) is 0 Å². The molecule has 0 spiro atoms. The maximum atomic E-state index is 10.3. The molecule has 2 aliphatic rings. The Morgan fingerprint density at radius 2 is 1.30 bits per heavy atom. The summed E-state index contributed by atoms with van der Waals surface area (Å²) in [4.78, 5) is 0. The number of aliphatic hydroxyl groups is 6. The summed E-state index contributed by atoms with van der Waals surface area (Å²) in [6.45, 7) is -0.877. The van der Waals surface area contributed by atoms with Crippen LogP contribution in [0.3, 0.4) is 0 Å². The van der Waals surface area contributed by atoms with E-state index in [4.69, 9.17) is 24.1 Å². The number of hydrogen-bond donors (Lipinski definition) is 6. The predicted octanol–water partition coefficient (Wildman–Crippen LogP) is -0.384.